The number of anilines is 1. The summed E-state index contributed by atoms with van der Waals surface area (Å²) in [5.41, 5.74) is 7.83. The minimum atomic E-state index is 0.576. The van der Waals surface area contributed by atoms with Gasteiger partial charge < -0.3 is 5.73 Å². The van der Waals surface area contributed by atoms with Crippen molar-refractivity contribution in [2.24, 2.45) is 0 Å². The second kappa shape index (κ2) is 2.46. The number of nitrogens with zero attached hydrogens (tertiary/aromatic N) is 1. The average Bonchev–Trinajstić information content (AvgIpc) is 1.82. The number of hydrogen-bond acceptors (Lipinski definition) is 2. The SMILES string of the molecule is Cc1cc(Cl)c(N)c(C)n1. The molecule has 2 nitrogen and oxygen atoms in total. The monoisotopic (exact) mass is 156 g/mol. The second-order valence-electron chi connectivity index (χ2n) is 2.24. The van der Waals surface area contributed by atoms with Crippen molar-refractivity contribution in [3.63, 3.8) is 0 Å². The van der Waals surface area contributed by atoms with Crippen LogP contribution >= 0.6 is 11.6 Å². The summed E-state index contributed by atoms with van der Waals surface area (Å²) in [6.07, 6.45) is 0. The van der Waals surface area contributed by atoms with Crippen molar-refractivity contribution in [3.8, 4) is 0 Å². The predicted molar refractivity (Wildman–Crippen MR) is 43.1 cm³/mol. The number of halogens is 1. The fourth-order valence-corrected chi connectivity index (χ4v) is 1.09. The highest BCUT2D eigenvalue weighted by Crippen LogP contribution is 2.20. The molecule has 0 radical (unpaired) electrons. The van der Waals surface area contributed by atoms with Crippen LogP contribution in [0.25, 0.3) is 0 Å². The summed E-state index contributed by atoms with van der Waals surface area (Å²) in [6, 6.07) is 1.75. The van der Waals surface area contributed by atoms with Crippen LogP contribution in [0.1, 0.15) is 11.4 Å². The first-order valence-electron chi connectivity index (χ1n) is 3.00. The van der Waals surface area contributed by atoms with Gasteiger partial charge in [-0.3, -0.25) is 4.98 Å². The lowest BCUT2D eigenvalue weighted by atomic mass is 10.3. The molecule has 0 aliphatic rings. The molecule has 0 bridgehead atoms. The number of hydrogen-bond donors (Lipinski definition) is 1. The minimum Gasteiger partial charge on any atom is -0.396 e. The third-order valence-electron chi connectivity index (χ3n) is 1.33. The van der Waals surface area contributed by atoms with E-state index in [-0.39, 0.29) is 0 Å². The van der Waals surface area contributed by atoms with E-state index in [9.17, 15) is 0 Å². The first kappa shape index (κ1) is 7.35. The van der Waals surface area contributed by atoms with E-state index in [1.54, 1.807) is 6.07 Å². The van der Waals surface area contributed by atoms with Crippen molar-refractivity contribution < 1.29 is 0 Å². The molecule has 0 amide bonds. The maximum atomic E-state index is 5.75. The van der Waals surface area contributed by atoms with Crippen LogP contribution in [0.5, 0.6) is 0 Å². The van der Waals surface area contributed by atoms with Crippen molar-refractivity contribution >= 4 is 17.3 Å². The van der Waals surface area contributed by atoms with Crippen LogP contribution in [-0.2, 0) is 0 Å². The Morgan fingerprint density at radius 3 is 2.60 bits per heavy atom. The maximum absolute atomic E-state index is 5.75. The lowest BCUT2D eigenvalue weighted by Crippen LogP contribution is -1.95. The molecular weight excluding hydrogens is 148 g/mol. The van der Waals surface area contributed by atoms with Crippen molar-refractivity contribution in [1.82, 2.24) is 4.98 Å². The fraction of sp³-hybridized carbons (Fsp3) is 0.286. The normalized spacial score (nSPS) is 9.90. The Morgan fingerprint density at radius 2 is 2.10 bits per heavy atom. The molecule has 1 heterocycles. The molecule has 0 aliphatic carbocycles. The number of nitrogens with two attached hydrogens (primary N) is 1. The molecule has 10 heavy (non-hydrogen) atoms. The summed E-state index contributed by atoms with van der Waals surface area (Å²) in [6.45, 7) is 3.73. The lowest BCUT2D eigenvalue weighted by Gasteiger charge is -2.01. The van der Waals surface area contributed by atoms with E-state index >= 15 is 0 Å². The predicted octanol–water partition coefficient (Wildman–Crippen LogP) is 1.93. The van der Waals surface area contributed by atoms with E-state index in [1.807, 2.05) is 13.8 Å². The third-order valence-corrected chi connectivity index (χ3v) is 1.64. The number of rotatable bonds is 0. The lowest BCUT2D eigenvalue weighted by molar-refractivity contribution is 1.13. The molecule has 54 valence electrons. The largest absolute Gasteiger partial charge is 0.396 e. The highest BCUT2D eigenvalue weighted by molar-refractivity contribution is 6.33. The van der Waals surface area contributed by atoms with Gasteiger partial charge in [0.2, 0.25) is 0 Å². The van der Waals surface area contributed by atoms with Crippen molar-refractivity contribution in [2.45, 2.75) is 13.8 Å². The molecule has 0 fully saturated rings. The molecule has 1 aromatic heterocycles. The summed E-state index contributed by atoms with van der Waals surface area (Å²) >= 11 is 5.75. The molecule has 0 atom stereocenters. The molecule has 0 saturated carbocycles. The van der Waals surface area contributed by atoms with E-state index < -0.39 is 0 Å². The highest BCUT2D eigenvalue weighted by Gasteiger charge is 2.00. The van der Waals surface area contributed by atoms with Crippen LogP contribution in [-0.4, -0.2) is 4.98 Å². The molecule has 3 heteroatoms. The van der Waals surface area contributed by atoms with Crippen LogP contribution in [0.15, 0.2) is 6.07 Å². The van der Waals surface area contributed by atoms with Gasteiger partial charge in [0.05, 0.1) is 16.4 Å². The number of aromatic nitrogens is 1. The van der Waals surface area contributed by atoms with Crippen molar-refractivity contribution in [1.29, 1.82) is 0 Å². The Bertz CT molecular complexity index is 235. The number of nitrogen functional groups attached to an aromatic ring is 1. The Labute approximate surface area is 65.0 Å². The van der Waals surface area contributed by atoms with Gasteiger partial charge in [-0.1, -0.05) is 11.6 Å². The van der Waals surface area contributed by atoms with E-state index in [0.717, 1.165) is 11.4 Å². The quantitative estimate of drug-likeness (QED) is 0.624. The molecule has 2 N–H and O–H groups in total. The smallest absolute Gasteiger partial charge is 0.0719 e. The molecule has 1 aromatic rings. The number of aryl methyl sites for hydroxylation is 2. The van der Waals surface area contributed by atoms with Gasteiger partial charge in [0.15, 0.2) is 0 Å². The van der Waals surface area contributed by atoms with Gasteiger partial charge in [0.25, 0.3) is 0 Å². The Balaban J connectivity index is 3.31. The summed E-state index contributed by atoms with van der Waals surface area (Å²) in [5, 5.41) is 0.588. The molecule has 0 saturated heterocycles. The van der Waals surface area contributed by atoms with E-state index in [1.165, 1.54) is 0 Å². The van der Waals surface area contributed by atoms with E-state index in [2.05, 4.69) is 4.98 Å². The standard InChI is InChI=1S/C7H9ClN2/c1-4-3-6(8)7(9)5(2)10-4/h3H,9H2,1-2H3. The van der Waals surface area contributed by atoms with Crippen LogP contribution in [0.3, 0.4) is 0 Å². The average molecular weight is 157 g/mol. The molecule has 0 unspecified atom stereocenters. The molecule has 0 aliphatic heterocycles. The van der Waals surface area contributed by atoms with Gasteiger partial charge in [-0.15, -0.1) is 0 Å². The molecular formula is C7H9ClN2. The van der Waals surface area contributed by atoms with Gasteiger partial charge in [-0.25, -0.2) is 0 Å². The zero-order valence-electron chi connectivity index (χ0n) is 5.98. The van der Waals surface area contributed by atoms with Gasteiger partial charge in [0, 0.05) is 5.69 Å². The fourth-order valence-electron chi connectivity index (χ4n) is 0.791. The molecule has 0 spiro atoms. The molecule has 0 aromatic carbocycles. The number of pyridine rings is 1. The second-order valence-corrected chi connectivity index (χ2v) is 2.65. The van der Waals surface area contributed by atoms with Crippen LogP contribution in [0, 0.1) is 13.8 Å². The summed E-state index contributed by atoms with van der Waals surface area (Å²) in [4.78, 5) is 4.12. The Hall–Kier alpha value is -0.760. The summed E-state index contributed by atoms with van der Waals surface area (Å²) in [5.74, 6) is 0. The summed E-state index contributed by atoms with van der Waals surface area (Å²) in [7, 11) is 0. The Morgan fingerprint density at radius 1 is 1.50 bits per heavy atom. The van der Waals surface area contributed by atoms with E-state index in [0.29, 0.717) is 10.7 Å². The van der Waals surface area contributed by atoms with Gasteiger partial charge in [-0.2, -0.15) is 0 Å². The van der Waals surface area contributed by atoms with Crippen molar-refractivity contribution in [2.75, 3.05) is 5.73 Å². The van der Waals surface area contributed by atoms with Gasteiger partial charge >= 0.3 is 0 Å². The Kier molecular flexibility index (Phi) is 1.81. The first-order valence-corrected chi connectivity index (χ1v) is 3.38. The topological polar surface area (TPSA) is 38.9 Å². The van der Waals surface area contributed by atoms with Crippen LogP contribution in [0.2, 0.25) is 5.02 Å². The van der Waals surface area contributed by atoms with Crippen LogP contribution < -0.4 is 5.73 Å². The maximum Gasteiger partial charge on any atom is 0.0719 e. The zero-order valence-corrected chi connectivity index (χ0v) is 6.74. The highest BCUT2D eigenvalue weighted by atomic mass is 35.5. The minimum absolute atomic E-state index is 0.576. The first-order chi connectivity index (χ1) is 4.61. The zero-order chi connectivity index (χ0) is 7.72. The van der Waals surface area contributed by atoms with Crippen molar-refractivity contribution in [3.05, 3.63) is 22.5 Å². The summed E-state index contributed by atoms with van der Waals surface area (Å²) < 4.78 is 0. The molecule has 1 rings (SSSR count). The van der Waals surface area contributed by atoms with Crippen LogP contribution in [0.4, 0.5) is 5.69 Å². The van der Waals surface area contributed by atoms with E-state index in [4.69, 9.17) is 17.3 Å². The third kappa shape index (κ3) is 1.21. The van der Waals surface area contributed by atoms with Gasteiger partial charge in [-0.05, 0) is 19.9 Å². The van der Waals surface area contributed by atoms with Gasteiger partial charge in [0.1, 0.15) is 0 Å².